The van der Waals surface area contributed by atoms with Gasteiger partial charge in [0.25, 0.3) is 0 Å². The number of aromatic nitrogens is 1. The summed E-state index contributed by atoms with van der Waals surface area (Å²) in [5.41, 5.74) is 0. The molecule has 0 unspecified atom stereocenters. The Morgan fingerprint density at radius 3 is 2.50 bits per heavy atom. The number of hydrogen-bond donors (Lipinski definition) is 0. The average Bonchev–Trinajstić information content (AvgIpc) is 2.64. The van der Waals surface area contributed by atoms with Gasteiger partial charge >= 0.3 is 0 Å². The maximum atomic E-state index is 5.92. The van der Waals surface area contributed by atoms with Crippen molar-refractivity contribution in [3.63, 3.8) is 0 Å². The Kier molecular flexibility index (Phi) is 2.66. The quantitative estimate of drug-likeness (QED) is 0.765. The second-order valence-corrected chi connectivity index (χ2v) is 3.55. The summed E-state index contributed by atoms with van der Waals surface area (Å²) in [6, 6.07) is 8.80. The van der Waals surface area contributed by atoms with Gasteiger partial charge in [-0.1, -0.05) is 23.2 Å². The van der Waals surface area contributed by atoms with E-state index in [1.54, 1.807) is 35.3 Å². The molecule has 14 heavy (non-hydrogen) atoms. The topological polar surface area (TPSA) is 14.2 Å². The van der Waals surface area contributed by atoms with Crippen LogP contribution in [-0.4, -0.2) is 4.73 Å². The highest BCUT2D eigenvalue weighted by Crippen LogP contribution is 2.27. The monoisotopic (exact) mass is 227 g/mol. The fourth-order valence-electron chi connectivity index (χ4n) is 1.04. The van der Waals surface area contributed by atoms with Crippen LogP contribution in [0.3, 0.4) is 0 Å². The molecule has 0 aliphatic heterocycles. The molecule has 2 nitrogen and oxygen atoms in total. The van der Waals surface area contributed by atoms with Crippen molar-refractivity contribution >= 4 is 23.2 Å². The van der Waals surface area contributed by atoms with Gasteiger partial charge in [-0.3, -0.25) is 0 Å². The molecule has 1 aromatic carbocycles. The van der Waals surface area contributed by atoms with Crippen molar-refractivity contribution in [2.24, 2.45) is 0 Å². The van der Waals surface area contributed by atoms with Crippen molar-refractivity contribution < 1.29 is 4.84 Å². The van der Waals surface area contributed by atoms with Crippen molar-refractivity contribution in [2.45, 2.75) is 0 Å². The van der Waals surface area contributed by atoms with Crippen LogP contribution in [0.5, 0.6) is 5.75 Å². The van der Waals surface area contributed by atoms with E-state index in [0.717, 1.165) is 0 Å². The molecule has 0 N–H and O–H groups in total. The molecule has 0 bridgehead atoms. The summed E-state index contributed by atoms with van der Waals surface area (Å²) >= 11 is 11.7. The van der Waals surface area contributed by atoms with Crippen LogP contribution in [-0.2, 0) is 0 Å². The number of hydrogen-bond acceptors (Lipinski definition) is 1. The molecule has 0 aliphatic carbocycles. The van der Waals surface area contributed by atoms with Crippen LogP contribution in [0.2, 0.25) is 10.0 Å². The minimum atomic E-state index is 0.531. The molecule has 2 rings (SSSR count). The third kappa shape index (κ3) is 2.03. The Labute approximate surface area is 91.6 Å². The molecule has 0 saturated heterocycles. The summed E-state index contributed by atoms with van der Waals surface area (Å²) in [4.78, 5) is 5.43. The molecule has 1 heterocycles. The van der Waals surface area contributed by atoms with E-state index in [0.29, 0.717) is 15.8 Å². The first-order chi connectivity index (χ1) is 6.75. The van der Waals surface area contributed by atoms with E-state index >= 15 is 0 Å². The van der Waals surface area contributed by atoms with Crippen molar-refractivity contribution in [1.82, 2.24) is 4.73 Å². The zero-order chi connectivity index (χ0) is 9.97. The first-order valence-corrected chi connectivity index (χ1v) is 4.78. The van der Waals surface area contributed by atoms with Gasteiger partial charge in [-0.15, -0.1) is 0 Å². The minimum Gasteiger partial charge on any atom is -0.374 e. The predicted octanol–water partition coefficient (Wildman–Crippen LogP) is 3.64. The molecular formula is C10H7Cl2NO. The zero-order valence-electron chi connectivity index (χ0n) is 7.15. The first-order valence-electron chi connectivity index (χ1n) is 4.02. The number of benzene rings is 1. The van der Waals surface area contributed by atoms with Crippen LogP contribution < -0.4 is 4.84 Å². The molecule has 0 amide bonds. The third-order valence-corrected chi connectivity index (χ3v) is 2.22. The maximum Gasteiger partial charge on any atom is 0.175 e. The highest BCUT2D eigenvalue weighted by Gasteiger charge is 2.02. The van der Waals surface area contributed by atoms with E-state index in [4.69, 9.17) is 28.0 Å². The molecule has 1 aromatic heterocycles. The Hall–Kier alpha value is -1.12. The molecule has 0 saturated carbocycles. The summed E-state index contributed by atoms with van der Waals surface area (Å²) < 4.78 is 1.55. The van der Waals surface area contributed by atoms with Crippen LogP contribution in [0.25, 0.3) is 0 Å². The second-order valence-electron chi connectivity index (χ2n) is 2.71. The molecular weight excluding hydrogens is 221 g/mol. The highest BCUT2D eigenvalue weighted by molar-refractivity contribution is 6.34. The highest BCUT2D eigenvalue weighted by atomic mass is 35.5. The smallest absolute Gasteiger partial charge is 0.175 e. The predicted molar refractivity (Wildman–Crippen MR) is 56.9 cm³/mol. The van der Waals surface area contributed by atoms with Crippen molar-refractivity contribution in [1.29, 1.82) is 0 Å². The van der Waals surface area contributed by atoms with Gasteiger partial charge in [0.15, 0.2) is 5.75 Å². The number of rotatable bonds is 2. The first kappa shape index (κ1) is 9.44. The van der Waals surface area contributed by atoms with Gasteiger partial charge in [-0.05, 0) is 24.3 Å². The molecule has 0 atom stereocenters. The lowest BCUT2D eigenvalue weighted by Gasteiger charge is -2.07. The summed E-state index contributed by atoms with van der Waals surface area (Å²) in [6.07, 6.45) is 3.55. The van der Waals surface area contributed by atoms with E-state index < -0.39 is 0 Å². The van der Waals surface area contributed by atoms with E-state index in [-0.39, 0.29) is 0 Å². The molecule has 72 valence electrons. The Bertz CT molecular complexity index is 426. The fraction of sp³-hybridized carbons (Fsp3) is 0. The van der Waals surface area contributed by atoms with Gasteiger partial charge in [0, 0.05) is 23.5 Å². The summed E-state index contributed by atoms with van der Waals surface area (Å²) in [7, 11) is 0. The van der Waals surface area contributed by atoms with Crippen LogP contribution in [0.4, 0.5) is 0 Å². The van der Waals surface area contributed by atoms with E-state index in [1.165, 1.54) is 0 Å². The summed E-state index contributed by atoms with van der Waals surface area (Å²) in [6.45, 7) is 0. The largest absolute Gasteiger partial charge is 0.374 e. The summed E-state index contributed by atoms with van der Waals surface area (Å²) in [5, 5.41) is 1.12. The van der Waals surface area contributed by atoms with Gasteiger partial charge in [-0.2, -0.15) is 4.73 Å². The molecule has 0 spiro atoms. The van der Waals surface area contributed by atoms with E-state index in [1.807, 2.05) is 12.1 Å². The third-order valence-electron chi connectivity index (χ3n) is 1.67. The van der Waals surface area contributed by atoms with Gasteiger partial charge in [0.1, 0.15) is 0 Å². The fourth-order valence-corrected chi connectivity index (χ4v) is 1.35. The van der Waals surface area contributed by atoms with Crippen LogP contribution in [0.15, 0.2) is 42.7 Å². The Morgan fingerprint density at radius 1 is 1.07 bits per heavy atom. The van der Waals surface area contributed by atoms with Crippen molar-refractivity contribution in [3.8, 4) is 5.75 Å². The van der Waals surface area contributed by atoms with E-state index in [9.17, 15) is 0 Å². The van der Waals surface area contributed by atoms with E-state index in [2.05, 4.69) is 0 Å². The van der Waals surface area contributed by atoms with Gasteiger partial charge in [-0.25, -0.2) is 0 Å². The Morgan fingerprint density at radius 2 is 1.79 bits per heavy atom. The standard InChI is InChI=1S/C10H7Cl2NO/c11-8-3-4-9(12)10(7-8)14-13-5-1-2-6-13/h1-7H. The normalized spacial score (nSPS) is 10.1. The average molecular weight is 228 g/mol. The minimum absolute atomic E-state index is 0.531. The molecule has 4 heteroatoms. The molecule has 0 aliphatic rings. The molecule has 2 aromatic rings. The number of halogens is 2. The van der Waals surface area contributed by atoms with Crippen molar-refractivity contribution in [3.05, 3.63) is 52.8 Å². The lowest BCUT2D eigenvalue weighted by atomic mass is 10.3. The van der Waals surface area contributed by atoms with Crippen LogP contribution >= 0.6 is 23.2 Å². The second kappa shape index (κ2) is 3.95. The Balaban J connectivity index is 2.28. The number of nitrogens with zero attached hydrogens (tertiary/aromatic N) is 1. The van der Waals surface area contributed by atoms with Crippen LogP contribution in [0.1, 0.15) is 0 Å². The maximum absolute atomic E-state index is 5.92. The van der Waals surface area contributed by atoms with Gasteiger partial charge in [0.05, 0.1) is 5.02 Å². The molecule has 0 radical (unpaired) electrons. The lowest BCUT2D eigenvalue weighted by Crippen LogP contribution is -2.01. The summed E-state index contributed by atoms with van der Waals surface area (Å²) in [5.74, 6) is 0.537. The SMILES string of the molecule is Clc1ccc(Cl)c(On2cccc2)c1. The van der Waals surface area contributed by atoms with Crippen LogP contribution in [0, 0.1) is 0 Å². The molecule has 0 fully saturated rings. The van der Waals surface area contributed by atoms with Gasteiger partial charge < -0.3 is 4.84 Å². The zero-order valence-corrected chi connectivity index (χ0v) is 8.66. The van der Waals surface area contributed by atoms with Gasteiger partial charge in [0.2, 0.25) is 0 Å². The van der Waals surface area contributed by atoms with Crippen molar-refractivity contribution in [2.75, 3.05) is 0 Å². The lowest BCUT2D eigenvalue weighted by molar-refractivity contribution is 0.217.